The van der Waals surface area contributed by atoms with Crippen LogP contribution in [0.5, 0.6) is 5.75 Å². The van der Waals surface area contributed by atoms with Gasteiger partial charge in [-0.05, 0) is 61.4 Å². The van der Waals surface area contributed by atoms with Crippen molar-refractivity contribution in [2.75, 3.05) is 28.6 Å². The van der Waals surface area contributed by atoms with E-state index in [2.05, 4.69) is 15.4 Å². The highest BCUT2D eigenvalue weighted by atomic mass is 19.4. The third-order valence-corrected chi connectivity index (χ3v) is 5.54. The number of rotatable bonds is 6. The highest BCUT2D eigenvalue weighted by Crippen LogP contribution is 2.27. The monoisotopic (exact) mass is 498 g/mol. The Bertz CT molecular complexity index is 1230. The average Bonchev–Trinajstić information content (AvgIpc) is 2.81. The molecule has 1 heterocycles. The third-order valence-electron chi connectivity index (χ3n) is 5.54. The second kappa shape index (κ2) is 10.6. The highest BCUT2D eigenvalue weighted by Gasteiger charge is 2.31. The first-order chi connectivity index (χ1) is 17.2. The van der Waals surface area contributed by atoms with Crippen LogP contribution in [0.4, 0.5) is 39.8 Å². The lowest BCUT2D eigenvalue weighted by molar-refractivity contribution is -0.274. The Morgan fingerprint density at radius 2 is 1.67 bits per heavy atom. The number of carbonyl (C=O) groups is 2. The number of carbonyl (C=O) groups excluding carboxylic acids is 2. The maximum atomic E-state index is 13.2. The van der Waals surface area contributed by atoms with Gasteiger partial charge in [-0.25, -0.2) is 9.59 Å². The molecule has 0 atom stereocenters. The van der Waals surface area contributed by atoms with E-state index in [1.165, 1.54) is 18.2 Å². The van der Waals surface area contributed by atoms with Gasteiger partial charge in [0.1, 0.15) is 5.75 Å². The van der Waals surface area contributed by atoms with Gasteiger partial charge >= 0.3 is 18.4 Å². The van der Waals surface area contributed by atoms with E-state index in [-0.39, 0.29) is 18.3 Å². The molecule has 1 aliphatic rings. The van der Waals surface area contributed by atoms with E-state index >= 15 is 0 Å². The number of hydrogen-bond donors (Lipinski definition) is 2. The number of hydrogen-bond acceptors (Lipinski definition) is 3. The Balaban J connectivity index is 1.41. The van der Waals surface area contributed by atoms with Crippen molar-refractivity contribution < 1.29 is 27.5 Å². The second-order valence-electron chi connectivity index (χ2n) is 8.40. The molecule has 0 unspecified atom stereocenters. The van der Waals surface area contributed by atoms with Crippen LogP contribution in [0.15, 0.2) is 72.8 Å². The molecule has 7 nitrogen and oxygen atoms in total. The van der Waals surface area contributed by atoms with Crippen LogP contribution in [0, 0.1) is 6.92 Å². The fraction of sp³-hybridized carbons (Fsp3) is 0.231. The number of anilines is 3. The summed E-state index contributed by atoms with van der Waals surface area (Å²) in [5.41, 5.74) is 3.37. The van der Waals surface area contributed by atoms with Crippen LogP contribution in [-0.2, 0) is 6.54 Å². The average molecular weight is 499 g/mol. The summed E-state index contributed by atoms with van der Waals surface area (Å²) in [6, 6.07) is 19.2. The van der Waals surface area contributed by atoms with E-state index in [0.29, 0.717) is 42.1 Å². The number of urea groups is 2. The van der Waals surface area contributed by atoms with Crippen molar-refractivity contribution in [3.8, 4) is 5.75 Å². The maximum Gasteiger partial charge on any atom is 0.573 e. The number of nitrogens with one attached hydrogen (secondary N) is 2. The van der Waals surface area contributed by atoms with Gasteiger partial charge in [0.25, 0.3) is 0 Å². The van der Waals surface area contributed by atoms with Gasteiger partial charge in [0.2, 0.25) is 0 Å². The minimum Gasteiger partial charge on any atom is -0.406 e. The Morgan fingerprint density at radius 3 is 2.42 bits per heavy atom. The van der Waals surface area contributed by atoms with Crippen molar-refractivity contribution >= 4 is 29.1 Å². The molecule has 0 bridgehead atoms. The largest absolute Gasteiger partial charge is 0.573 e. The minimum absolute atomic E-state index is 0.140. The van der Waals surface area contributed by atoms with E-state index in [4.69, 9.17) is 0 Å². The fourth-order valence-electron chi connectivity index (χ4n) is 3.91. The smallest absolute Gasteiger partial charge is 0.406 e. The Morgan fingerprint density at radius 1 is 0.944 bits per heavy atom. The highest BCUT2D eigenvalue weighted by molar-refractivity contribution is 6.00. The number of alkyl halides is 3. The third kappa shape index (κ3) is 6.68. The molecule has 3 aromatic rings. The first kappa shape index (κ1) is 24.9. The van der Waals surface area contributed by atoms with Crippen LogP contribution in [-0.4, -0.2) is 36.4 Å². The molecule has 188 valence electrons. The SMILES string of the molecule is Cc1ccc(NC(=O)Nc2cccc(N3CCCN(Cc4cccc(OC(F)(F)F)c4)C3=O)c2)cc1. The molecule has 0 aliphatic carbocycles. The van der Waals surface area contributed by atoms with Gasteiger partial charge in [-0.1, -0.05) is 35.9 Å². The van der Waals surface area contributed by atoms with Gasteiger partial charge in [-0.15, -0.1) is 13.2 Å². The summed E-state index contributed by atoms with van der Waals surface area (Å²) in [5.74, 6) is -0.330. The lowest BCUT2D eigenvalue weighted by Gasteiger charge is -2.36. The first-order valence-corrected chi connectivity index (χ1v) is 11.3. The lowest BCUT2D eigenvalue weighted by atomic mass is 10.1. The summed E-state index contributed by atoms with van der Waals surface area (Å²) in [6.45, 7) is 3.04. The molecule has 1 fully saturated rings. The normalized spacial score (nSPS) is 13.9. The number of nitrogens with zero attached hydrogens (tertiary/aromatic N) is 2. The van der Waals surface area contributed by atoms with Crippen molar-refractivity contribution in [3.05, 3.63) is 83.9 Å². The Hall–Kier alpha value is -4.21. The number of amides is 4. The zero-order chi connectivity index (χ0) is 25.7. The zero-order valence-electron chi connectivity index (χ0n) is 19.5. The standard InChI is InChI=1S/C26H25F3N4O3/c1-18-9-11-20(12-10-18)30-24(34)31-21-6-3-7-22(16-21)33-14-4-13-32(25(33)35)17-19-5-2-8-23(15-19)36-26(27,28)29/h2-3,5-12,15-16H,4,13-14,17H2,1H3,(H2,30,31,34). The molecular weight excluding hydrogens is 473 g/mol. The Labute approximate surface area is 206 Å². The van der Waals surface area contributed by atoms with Crippen molar-refractivity contribution in [2.24, 2.45) is 0 Å². The van der Waals surface area contributed by atoms with Crippen LogP contribution >= 0.6 is 0 Å². The summed E-state index contributed by atoms with van der Waals surface area (Å²) in [4.78, 5) is 28.7. The maximum absolute atomic E-state index is 13.2. The lowest BCUT2D eigenvalue weighted by Crippen LogP contribution is -2.49. The topological polar surface area (TPSA) is 73.9 Å². The summed E-state index contributed by atoms with van der Waals surface area (Å²) >= 11 is 0. The van der Waals surface area contributed by atoms with Crippen LogP contribution in [0.3, 0.4) is 0 Å². The van der Waals surface area contributed by atoms with E-state index in [9.17, 15) is 22.8 Å². The summed E-state index contributed by atoms with van der Waals surface area (Å²) in [7, 11) is 0. The van der Waals surface area contributed by atoms with Gasteiger partial charge in [0.15, 0.2) is 0 Å². The second-order valence-corrected chi connectivity index (χ2v) is 8.40. The Kier molecular flexibility index (Phi) is 7.33. The number of aryl methyl sites for hydroxylation is 1. The molecule has 1 saturated heterocycles. The molecule has 1 aliphatic heterocycles. The van der Waals surface area contributed by atoms with E-state index in [0.717, 1.165) is 5.56 Å². The minimum atomic E-state index is -4.79. The van der Waals surface area contributed by atoms with Crippen molar-refractivity contribution in [3.63, 3.8) is 0 Å². The van der Waals surface area contributed by atoms with Crippen LogP contribution < -0.4 is 20.3 Å². The summed E-state index contributed by atoms with van der Waals surface area (Å²) < 4.78 is 41.6. The molecule has 0 aromatic heterocycles. The van der Waals surface area contributed by atoms with E-state index < -0.39 is 12.4 Å². The zero-order valence-corrected chi connectivity index (χ0v) is 19.5. The summed E-state index contributed by atoms with van der Waals surface area (Å²) in [6.07, 6.45) is -4.11. The van der Waals surface area contributed by atoms with Gasteiger partial charge in [-0.3, -0.25) is 4.90 Å². The number of halogens is 3. The molecule has 4 amide bonds. The molecule has 2 N–H and O–H groups in total. The van der Waals surface area contributed by atoms with E-state index in [1.54, 1.807) is 52.3 Å². The number of ether oxygens (including phenoxy) is 1. The fourth-order valence-corrected chi connectivity index (χ4v) is 3.91. The molecule has 4 rings (SSSR count). The van der Waals surface area contributed by atoms with Crippen molar-refractivity contribution in [2.45, 2.75) is 26.3 Å². The predicted octanol–water partition coefficient (Wildman–Crippen LogP) is 6.37. The van der Waals surface area contributed by atoms with Gasteiger partial charge < -0.3 is 20.3 Å². The molecule has 36 heavy (non-hydrogen) atoms. The van der Waals surface area contributed by atoms with Gasteiger partial charge in [-0.2, -0.15) is 0 Å². The first-order valence-electron chi connectivity index (χ1n) is 11.3. The van der Waals surface area contributed by atoms with Gasteiger partial charge in [0, 0.05) is 36.7 Å². The molecule has 0 saturated carbocycles. The van der Waals surface area contributed by atoms with Crippen LogP contribution in [0.25, 0.3) is 0 Å². The molecule has 0 radical (unpaired) electrons. The van der Waals surface area contributed by atoms with Gasteiger partial charge in [0.05, 0.1) is 0 Å². The predicted molar refractivity (Wildman–Crippen MR) is 131 cm³/mol. The quantitative estimate of drug-likeness (QED) is 0.415. The summed E-state index contributed by atoms with van der Waals surface area (Å²) in [5, 5.41) is 5.53. The van der Waals surface area contributed by atoms with Crippen molar-refractivity contribution in [1.29, 1.82) is 0 Å². The van der Waals surface area contributed by atoms with E-state index in [1.807, 2.05) is 19.1 Å². The molecular formula is C26H25F3N4O3. The molecule has 0 spiro atoms. The molecule has 10 heteroatoms. The number of benzene rings is 3. The van der Waals surface area contributed by atoms with Crippen LogP contribution in [0.2, 0.25) is 0 Å². The van der Waals surface area contributed by atoms with Crippen molar-refractivity contribution in [1.82, 2.24) is 4.90 Å². The van der Waals surface area contributed by atoms with Crippen LogP contribution in [0.1, 0.15) is 17.5 Å². The molecule has 3 aromatic carbocycles.